The van der Waals surface area contributed by atoms with Crippen LogP contribution < -0.4 is 4.74 Å². The molecule has 1 aromatic heterocycles. The van der Waals surface area contributed by atoms with Gasteiger partial charge in [-0.2, -0.15) is 0 Å². The molecular formula is C30H35NO3S. The van der Waals surface area contributed by atoms with Gasteiger partial charge in [0.05, 0.1) is 18.4 Å². The van der Waals surface area contributed by atoms with Gasteiger partial charge in [-0.3, -0.25) is 0 Å². The molecule has 0 aliphatic rings. The molecule has 35 heavy (non-hydrogen) atoms. The smallest absolute Gasteiger partial charge is 0.126 e. The number of thiazole rings is 1. The summed E-state index contributed by atoms with van der Waals surface area (Å²) in [4.78, 5) is 6.24. The predicted molar refractivity (Wildman–Crippen MR) is 145 cm³/mol. The summed E-state index contributed by atoms with van der Waals surface area (Å²) >= 11 is 1.74. The van der Waals surface area contributed by atoms with Crippen LogP contribution in [0.2, 0.25) is 0 Å². The normalized spacial score (nSPS) is 12.9. The maximum atomic E-state index is 11.0. The van der Waals surface area contributed by atoms with Gasteiger partial charge in [-0.05, 0) is 79.6 Å². The summed E-state index contributed by atoms with van der Waals surface area (Å²) in [6.07, 6.45) is 0.829. The van der Waals surface area contributed by atoms with Crippen LogP contribution in [0.15, 0.2) is 60.7 Å². The fourth-order valence-electron chi connectivity index (χ4n) is 4.20. The van der Waals surface area contributed by atoms with E-state index >= 15 is 0 Å². The highest BCUT2D eigenvalue weighted by Crippen LogP contribution is 2.35. The van der Waals surface area contributed by atoms with E-state index in [1.165, 1.54) is 15.6 Å². The summed E-state index contributed by atoms with van der Waals surface area (Å²) in [6.45, 7) is 9.95. The first-order chi connectivity index (χ1) is 16.7. The molecule has 0 bridgehead atoms. The fourth-order valence-corrected chi connectivity index (χ4v) is 5.43. The quantitative estimate of drug-likeness (QED) is 0.261. The average molecular weight is 490 g/mol. The van der Waals surface area contributed by atoms with Gasteiger partial charge in [-0.15, -0.1) is 11.3 Å². The summed E-state index contributed by atoms with van der Waals surface area (Å²) in [6, 6.07) is 20.7. The molecule has 0 spiro atoms. The topological polar surface area (TPSA) is 62.6 Å². The molecule has 1 unspecified atom stereocenters. The lowest BCUT2D eigenvalue weighted by molar-refractivity contribution is 0.0406. The Morgan fingerprint density at radius 3 is 2.43 bits per heavy atom. The Hall–Kier alpha value is -2.73. The zero-order valence-electron chi connectivity index (χ0n) is 21.2. The molecule has 4 nitrogen and oxygen atoms in total. The second kappa shape index (κ2) is 10.5. The number of fused-ring (bicyclic) bond motifs is 1. The molecule has 0 radical (unpaired) electrons. The molecular weight excluding hydrogens is 454 g/mol. The van der Waals surface area contributed by atoms with Crippen molar-refractivity contribution in [1.29, 1.82) is 0 Å². The lowest BCUT2D eigenvalue weighted by Gasteiger charge is -2.25. The van der Waals surface area contributed by atoms with E-state index in [-0.39, 0.29) is 6.61 Å². The summed E-state index contributed by atoms with van der Waals surface area (Å²) in [5.41, 5.74) is 3.44. The Morgan fingerprint density at radius 2 is 1.74 bits per heavy atom. The van der Waals surface area contributed by atoms with Crippen LogP contribution in [0.5, 0.6) is 5.75 Å². The summed E-state index contributed by atoms with van der Waals surface area (Å²) < 4.78 is 5.92. The second-order valence-corrected chi connectivity index (χ2v) is 11.2. The molecule has 1 atom stereocenters. The summed E-state index contributed by atoms with van der Waals surface area (Å²) in [5.74, 6) is 1.05. The third kappa shape index (κ3) is 5.92. The van der Waals surface area contributed by atoms with Gasteiger partial charge in [0.1, 0.15) is 16.4 Å². The van der Waals surface area contributed by atoms with Gasteiger partial charge in [-0.25, -0.2) is 4.98 Å². The van der Waals surface area contributed by atoms with E-state index in [1.807, 2.05) is 39.0 Å². The van der Waals surface area contributed by atoms with Gasteiger partial charge in [-0.1, -0.05) is 56.3 Å². The first-order valence-corrected chi connectivity index (χ1v) is 13.1. The van der Waals surface area contributed by atoms with Crippen molar-refractivity contribution in [3.63, 3.8) is 0 Å². The van der Waals surface area contributed by atoms with Crippen LogP contribution in [-0.2, 0) is 6.42 Å². The van der Waals surface area contributed by atoms with Crippen molar-refractivity contribution in [3.05, 3.63) is 82.4 Å². The lowest BCUT2D eigenvalue weighted by Crippen LogP contribution is -2.32. The number of hydrogen-bond donors (Lipinski definition) is 2. The Labute approximate surface area is 212 Å². The van der Waals surface area contributed by atoms with Crippen molar-refractivity contribution in [2.75, 3.05) is 6.61 Å². The maximum absolute atomic E-state index is 11.0. The molecule has 0 aliphatic heterocycles. The third-order valence-electron chi connectivity index (χ3n) is 6.27. The van der Waals surface area contributed by atoms with Crippen molar-refractivity contribution in [2.24, 2.45) is 0 Å². The molecule has 0 saturated carbocycles. The van der Waals surface area contributed by atoms with Crippen LogP contribution in [0.1, 0.15) is 67.8 Å². The molecule has 0 saturated heterocycles. The monoisotopic (exact) mass is 489 g/mol. The van der Waals surface area contributed by atoms with E-state index in [9.17, 15) is 10.2 Å². The first-order valence-electron chi connectivity index (χ1n) is 12.2. The second-order valence-electron chi connectivity index (χ2n) is 10.1. The molecule has 4 rings (SSSR count). The Bertz CT molecular complexity index is 1310. The van der Waals surface area contributed by atoms with Gasteiger partial charge >= 0.3 is 0 Å². The number of ether oxygens (including phenoxy) is 1. The van der Waals surface area contributed by atoms with Crippen LogP contribution in [-0.4, -0.2) is 27.4 Å². The number of rotatable bonds is 9. The Balaban J connectivity index is 1.51. The third-order valence-corrected chi connectivity index (χ3v) is 7.45. The molecule has 3 aromatic carbocycles. The van der Waals surface area contributed by atoms with Gasteiger partial charge in [0.25, 0.3) is 0 Å². The largest absolute Gasteiger partial charge is 0.485 e. The molecule has 0 fully saturated rings. The standard InChI is InChI=1S/C30H35NO3S/c1-19(2)28-27(35-29(31-28)24-11-10-21-8-6-7-9-22(21)17-24)15-13-25(33)23-12-14-26(20(3)16-23)34-30(4,5)18-32/h6-12,14,16-17,19,25,32-33H,13,15,18H2,1-5H3. The number of aryl methyl sites for hydroxylation is 2. The lowest BCUT2D eigenvalue weighted by atomic mass is 10.00. The Kier molecular flexibility index (Phi) is 7.60. The summed E-state index contributed by atoms with van der Waals surface area (Å²) in [5, 5.41) is 23.9. The highest BCUT2D eigenvalue weighted by molar-refractivity contribution is 7.15. The molecule has 4 aromatic rings. The highest BCUT2D eigenvalue weighted by Gasteiger charge is 2.21. The SMILES string of the molecule is Cc1cc(C(O)CCc2sc(-c3ccc4ccccc4c3)nc2C(C)C)ccc1OC(C)(C)CO. The Morgan fingerprint density at radius 1 is 1.00 bits per heavy atom. The van der Waals surface area contributed by atoms with Crippen molar-refractivity contribution in [3.8, 4) is 16.3 Å². The van der Waals surface area contributed by atoms with Crippen molar-refractivity contribution < 1.29 is 14.9 Å². The van der Waals surface area contributed by atoms with Gasteiger partial charge in [0.2, 0.25) is 0 Å². The maximum Gasteiger partial charge on any atom is 0.126 e. The van der Waals surface area contributed by atoms with Crippen LogP contribution in [0.3, 0.4) is 0 Å². The zero-order valence-corrected chi connectivity index (χ0v) is 22.0. The van der Waals surface area contributed by atoms with Crippen LogP contribution in [0.4, 0.5) is 0 Å². The minimum absolute atomic E-state index is 0.0644. The van der Waals surface area contributed by atoms with E-state index in [2.05, 4.69) is 56.3 Å². The molecule has 1 heterocycles. The van der Waals surface area contributed by atoms with E-state index in [4.69, 9.17) is 9.72 Å². The summed E-state index contributed by atoms with van der Waals surface area (Å²) in [7, 11) is 0. The minimum Gasteiger partial charge on any atom is -0.485 e. The molecule has 0 aliphatic carbocycles. The van der Waals surface area contributed by atoms with Crippen molar-refractivity contribution >= 4 is 22.1 Å². The highest BCUT2D eigenvalue weighted by atomic mass is 32.1. The number of aliphatic hydroxyl groups is 2. The predicted octanol–water partition coefficient (Wildman–Crippen LogP) is 7.21. The van der Waals surface area contributed by atoms with Crippen molar-refractivity contribution in [2.45, 2.75) is 65.1 Å². The van der Waals surface area contributed by atoms with Gasteiger partial charge in [0.15, 0.2) is 0 Å². The molecule has 0 amide bonds. The number of benzene rings is 3. The zero-order chi connectivity index (χ0) is 25.2. The fraction of sp³-hybridized carbons (Fsp3) is 0.367. The molecule has 184 valence electrons. The van der Waals surface area contributed by atoms with E-state index in [0.717, 1.165) is 39.6 Å². The van der Waals surface area contributed by atoms with E-state index in [1.54, 1.807) is 11.3 Å². The van der Waals surface area contributed by atoms with Crippen LogP contribution >= 0.6 is 11.3 Å². The molecule has 2 N–H and O–H groups in total. The number of aliphatic hydroxyl groups excluding tert-OH is 2. The van der Waals surface area contributed by atoms with Gasteiger partial charge < -0.3 is 14.9 Å². The van der Waals surface area contributed by atoms with E-state index in [0.29, 0.717) is 12.3 Å². The van der Waals surface area contributed by atoms with Crippen LogP contribution in [0, 0.1) is 6.92 Å². The first kappa shape index (κ1) is 25.4. The van der Waals surface area contributed by atoms with Crippen molar-refractivity contribution in [1.82, 2.24) is 4.98 Å². The number of aromatic nitrogens is 1. The van der Waals surface area contributed by atoms with Crippen LogP contribution in [0.25, 0.3) is 21.3 Å². The molecule has 5 heteroatoms. The van der Waals surface area contributed by atoms with E-state index < -0.39 is 11.7 Å². The minimum atomic E-state index is -0.646. The number of hydrogen-bond acceptors (Lipinski definition) is 5. The average Bonchev–Trinajstić information content (AvgIpc) is 3.28. The van der Waals surface area contributed by atoms with Gasteiger partial charge in [0, 0.05) is 10.4 Å². The number of nitrogens with zero attached hydrogens (tertiary/aromatic N) is 1.